The molecule has 1 N–H and O–H groups in total. The van der Waals surface area contributed by atoms with E-state index < -0.39 is 0 Å². The number of aryl methyl sites for hydroxylation is 1. The molecule has 2 aromatic rings. The lowest BCUT2D eigenvalue weighted by atomic mass is 10.1. The molecule has 96 valence electrons. The largest absolute Gasteiger partial charge is 0.445 e. The molecule has 0 saturated carbocycles. The van der Waals surface area contributed by atoms with Crippen LogP contribution in [0.25, 0.3) is 11.5 Å². The van der Waals surface area contributed by atoms with E-state index in [0.29, 0.717) is 12.3 Å². The molecule has 3 nitrogen and oxygen atoms in total. The minimum absolute atomic E-state index is 0.253. The molecule has 0 fully saturated rings. The molecule has 1 aromatic heterocycles. The number of unbranched alkanes of at least 4 members (excludes halogenated alkanes) is 1. The highest BCUT2D eigenvalue weighted by Gasteiger charge is 2.05. The van der Waals surface area contributed by atoms with Crippen molar-refractivity contribution in [2.24, 2.45) is 0 Å². The third-order valence-corrected chi connectivity index (χ3v) is 2.79. The fourth-order valence-electron chi connectivity index (χ4n) is 1.75. The highest BCUT2D eigenvalue weighted by molar-refractivity contribution is 5.64. The highest BCUT2D eigenvalue weighted by Crippen LogP contribution is 2.24. The fourth-order valence-corrected chi connectivity index (χ4v) is 1.75. The molecule has 0 bridgehead atoms. The monoisotopic (exact) mass is 248 g/mol. The van der Waals surface area contributed by atoms with Gasteiger partial charge in [-0.15, -0.1) is 0 Å². The Morgan fingerprint density at radius 3 is 2.94 bits per heavy atom. The normalized spacial score (nSPS) is 10.6. The second-order valence-corrected chi connectivity index (χ2v) is 4.19. The summed E-state index contributed by atoms with van der Waals surface area (Å²) in [6, 6.07) is 6.02. The summed E-state index contributed by atoms with van der Waals surface area (Å²) >= 11 is 0. The minimum Gasteiger partial charge on any atom is -0.445 e. The van der Waals surface area contributed by atoms with Gasteiger partial charge in [-0.25, -0.2) is 4.98 Å². The average molecular weight is 248 g/mol. The van der Waals surface area contributed by atoms with Gasteiger partial charge in [0.1, 0.15) is 6.26 Å². The van der Waals surface area contributed by atoms with E-state index in [1.165, 1.54) is 0 Å². The van der Waals surface area contributed by atoms with Crippen molar-refractivity contribution < 1.29 is 8.81 Å². The molecule has 0 spiro atoms. The van der Waals surface area contributed by atoms with Gasteiger partial charge in [-0.1, -0.05) is 6.07 Å². The summed E-state index contributed by atoms with van der Waals surface area (Å²) in [6.45, 7) is 2.56. The molecule has 0 atom stereocenters. The van der Waals surface area contributed by atoms with Gasteiger partial charge in [0.25, 0.3) is 0 Å². The van der Waals surface area contributed by atoms with Gasteiger partial charge in [-0.2, -0.15) is 0 Å². The third-order valence-electron chi connectivity index (χ3n) is 2.79. The first-order valence-electron chi connectivity index (χ1n) is 6.11. The standard InChI is InChI=1S/C14H17FN2O/c1-11-4-5-12(14-17-8-9-18-14)10-13(11)16-7-3-2-6-15/h4-5,8-10,16H,2-3,6-7H2,1H3. The molecule has 18 heavy (non-hydrogen) atoms. The number of nitrogens with one attached hydrogen (secondary N) is 1. The highest BCUT2D eigenvalue weighted by atomic mass is 19.1. The Hall–Kier alpha value is -1.84. The Morgan fingerprint density at radius 1 is 1.33 bits per heavy atom. The molecule has 1 heterocycles. The number of nitrogens with zero attached hydrogens (tertiary/aromatic N) is 1. The zero-order valence-corrected chi connectivity index (χ0v) is 10.4. The average Bonchev–Trinajstić information content (AvgIpc) is 2.90. The summed E-state index contributed by atoms with van der Waals surface area (Å²) in [6.07, 6.45) is 4.62. The van der Waals surface area contributed by atoms with Crippen molar-refractivity contribution in [1.29, 1.82) is 0 Å². The molecule has 2 rings (SSSR count). The van der Waals surface area contributed by atoms with Crippen LogP contribution >= 0.6 is 0 Å². The molecule has 1 aromatic carbocycles. The lowest BCUT2D eigenvalue weighted by Crippen LogP contribution is -2.03. The van der Waals surface area contributed by atoms with Crippen LogP contribution < -0.4 is 5.32 Å². The number of rotatable bonds is 6. The maximum Gasteiger partial charge on any atom is 0.225 e. The zero-order chi connectivity index (χ0) is 12.8. The number of halogens is 1. The summed E-state index contributed by atoms with van der Waals surface area (Å²) in [5, 5.41) is 3.31. The maximum absolute atomic E-state index is 12.0. The molecule has 0 radical (unpaired) electrons. The van der Waals surface area contributed by atoms with Gasteiger partial charge in [0.2, 0.25) is 5.89 Å². The van der Waals surface area contributed by atoms with Gasteiger partial charge >= 0.3 is 0 Å². The minimum atomic E-state index is -0.253. The van der Waals surface area contributed by atoms with Gasteiger partial charge in [-0.3, -0.25) is 4.39 Å². The molecule has 0 aliphatic heterocycles. The second kappa shape index (κ2) is 6.19. The summed E-state index contributed by atoms with van der Waals surface area (Å²) in [4.78, 5) is 4.12. The lowest BCUT2D eigenvalue weighted by Gasteiger charge is -2.10. The van der Waals surface area contributed by atoms with Gasteiger partial charge < -0.3 is 9.73 Å². The summed E-state index contributed by atoms with van der Waals surface area (Å²) in [7, 11) is 0. The number of hydrogen-bond acceptors (Lipinski definition) is 3. The van der Waals surface area contributed by atoms with E-state index in [1.54, 1.807) is 12.5 Å². The van der Waals surface area contributed by atoms with Crippen molar-refractivity contribution in [2.75, 3.05) is 18.5 Å². The predicted molar refractivity (Wildman–Crippen MR) is 70.4 cm³/mol. The van der Waals surface area contributed by atoms with Crippen molar-refractivity contribution in [3.05, 3.63) is 36.2 Å². The lowest BCUT2D eigenvalue weighted by molar-refractivity contribution is 0.466. The van der Waals surface area contributed by atoms with E-state index in [0.717, 1.165) is 29.8 Å². The number of benzene rings is 1. The molecule has 0 amide bonds. The van der Waals surface area contributed by atoms with Crippen LogP contribution in [-0.2, 0) is 0 Å². The molecule has 0 unspecified atom stereocenters. The van der Waals surface area contributed by atoms with Crippen molar-refractivity contribution in [2.45, 2.75) is 19.8 Å². The van der Waals surface area contributed by atoms with Crippen molar-refractivity contribution >= 4 is 5.69 Å². The first kappa shape index (κ1) is 12.6. The molecule has 4 heteroatoms. The molecular formula is C14H17FN2O. The van der Waals surface area contributed by atoms with E-state index >= 15 is 0 Å². The maximum atomic E-state index is 12.0. The molecule has 0 aliphatic carbocycles. The number of oxazole rings is 1. The van der Waals surface area contributed by atoms with E-state index in [2.05, 4.69) is 10.3 Å². The Balaban J connectivity index is 2.07. The van der Waals surface area contributed by atoms with Crippen LogP contribution in [0.3, 0.4) is 0 Å². The quantitative estimate of drug-likeness (QED) is 0.790. The Morgan fingerprint density at radius 2 is 2.22 bits per heavy atom. The predicted octanol–water partition coefficient (Wildman–Crippen LogP) is 3.81. The third kappa shape index (κ3) is 3.09. The Bertz CT molecular complexity index is 483. The number of anilines is 1. The second-order valence-electron chi connectivity index (χ2n) is 4.19. The first-order valence-corrected chi connectivity index (χ1v) is 6.11. The Kier molecular flexibility index (Phi) is 4.34. The summed E-state index contributed by atoms with van der Waals surface area (Å²) in [5.74, 6) is 0.613. The van der Waals surface area contributed by atoms with Crippen molar-refractivity contribution in [1.82, 2.24) is 4.98 Å². The van der Waals surface area contributed by atoms with E-state index in [4.69, 9.17) is 4.42 Å². The van der Waals surface area contributed by atoms with Gasteiger partial charge in [0, 0.05) is 17.8 Å². The number of alkyl halides is 1. The van der Waals surface area contributed by atoms with Crippen LogP contribution in [0.15, 0.2) is 35.1 Å². The van der Waals surface area contributed by atoms with Gasteiger partial charge in [0.05, 0.1) is 12.9 Å². The fraction of sp³-hybridized carbons (Fsp3) is 0.357. The van der Waals surface area contributed by atoms with E-state index in [1.807, 2.05) is 25.1 Å². The smallest absolute Gasteiger partial charge is 0.225 e. The zero-order valence-electron chi connectivity index (χ0n) is 10.4. The summed E-state index contributed by atoms with van der Waals surface area (Å²) < 4.78 is 17.3. The number of hydrogen-bond donors (Lipinski definition) is 1. The molecular weight excluding hydrogens is 231 g/mol. The SMILES string of the molecule is Cc1ccc(-c2ncco2)cc1NCCCCF. The van der Waals surface area contributed by atoms with Crippen molar-refractivity contribution in [3.63, 3.8) is 0 Å². The van der Waals surface area contributed by atoms with Crippen LogP contribution in [0.4, 0.5) is 10.1 Å². The summed E-state index contributed by atoms with van der Waals surface area (Å²) in [5.41, 5.74) is 3.15. The van der Waals surface area contributed by atoms with Crippen LogP contribution in [0.2, 0.25) is 0 Å². The Labute approximate surface area is 106 Å². The van der Waals surface area contributed by atoms with Crippen LogP contribution in [0.1, 0.15) is 18.4 Å². The van der Waals surface area contributed by atoms with Gasteiger partial charge in [-0.05, 0) is 37.5 Å². The van der Waals surface area contributed by atoms with E-state index in [9.17, 15) is 4.39 Å². The van der Waals surface area contributed by atoms with Crippen LogP contribution in [-0.4, -0.2) is 18.2 Å². The van der Waals surface area contributed by atoms with E-state index in [-0.39, 0.29) is 6.67 Å². The van der Waals surface area contributed by atoms with Crippen LogP contribution in [0.5, 0.6) is 0 Å². The first-order chi connectivity index (χ1) is 8.81. The van der Waals surface area contributed by atoms with Crippen LogP contribution in [0, 0.1) is 6.92 Å². The number of aromatic nitrogens is 1. The van der Waals surface area contributed by atoms with Crippen molar-refractivity contribution in [3.8, 4) is 11.5 Å². The molecule has 0 saturated heterocycles. The molecule has 0 aliphatic rings. The topological polar surface area (TPSA) is 38.1 Å². The van der Waals surface area contributed by atoms with Gasteiger partial charge in [0.15, 0.2) is 0 Å².